The fourth-order valence-electron chi connectivity index (χ4n) is 5.03. The number of carbonyl (C=O) groups is 2. The molecule has 0 saturated heterocycles. The van der Waals surface area contributed by atoms with E-state index < -0.39 is 6.10 Å². The quantitative estimate of drug-likeness (QED) is 0.0450. The van der Waals surface area contributed by atoms with E-state index >= 15 is 0 Å². The zero-order valence-electron chi connectivity index (χ0n) is 28.9. The van der Waals surface area contributed by atoms with Gasteiger partial charge in [-0.3, -0.25) is 9.59 Å². The summed E-state index contributed by atoms with van der Waals surface area (Å²) in [4.78, 5) is 24.1. The van der Waals surface area contributed by atoms with Crippen molar-refractivity contribution in [1.82, 2.24) is 0 Å². The highest BCUT2D eigenvalue weighted by Crippen LogP contribution is 2.13. The average Bonchev–Trinajstić information content (AvgIpc) is 3.02. The van der Waals surface area contributed by atoms with Crippen LogP contribution in [0.15, 0.2) is 36.5 Å². The number of ether oxygens (including phenoxy) is 2. The second-order valence-electron chi connectivity index (χ2n) is 12.3. The molecule has 0 radical (unpaired) electrons. The Morgan fingerprint density at radius 2 is 0.932 bits per heavy atom. The highest BCUT2D eigenvalue weighted by molar-refractivity contribution is 5.70. The van der Waals surface area contributed by atoms with Crippen LogP contribution in [-0.2, 0) is 19.1 Å². The Balaban J connectivity index is 3.56. The van der Waals surface area contributed by atoms with Crippen molar-refractivity contribution in [2.45, 2.75) is 187 Å². The van der Waals surface area contributed by atoms with Crippen molar-refractivity contribution in [3.63, 3.8) is 0 Å². The third-order valence-electron chi connectivity index (χ3n) is 7.91. The van der Waals surface area contributed by atoms with Crippen molar-refractivity contribution in [1.29, 1.82) is 0 Å². The van der Waals surface area contributed by atoms with Gasteiger partial charge in [0.1, 0.15) is 6.61 Å². The predicted octanol–water partition coefficient (Wildman–Crippen LogP) is 11.3. The van der Waals surface area contributed by atoms with Crippen LogP contribution in [-0.4, -0.2) is 36.4 Å². The normalized spacial score (nSPS) is 12.5. The van der Waals surface area contributed by atoms with Gasteiger partial charge in [0.05, 0.1) is 6.61 Å². The van der Waals surface area contributed by atoms with Crippen LogP contribution in [0.3, 0.4) is 0 Å². The van der Waals surface area contributed by atoms with Crippen molar-refractivity contribution in [3.8, 4) is 0 Å². The van der Waals surface area contributed by atoms with Crippen molar-refractivity contribution in [2.75, 3.05) is 13.2 Å². The number of allylic oxidation sites excluding steroid dienone is 6. The maximum Gasteiger partial charge on any atom is 0.306 e. The van der Waals surface area contributed by atoms with Gasteiger partial charge in [-0.2, -0.15) is 0 Å². The Hall–Kier alpha value is -1.88. The van der Waals surface area contributed by atoms with Gasteiger partial charge in [-0.25, -0.2) is 0 Å². The van der Waals surface area contributed by atoms with Crippen LogP contribution in [0.5, 0.6) is 0 Å². The third kappa shape index (κ3) is 33.0. The molecule has 0 saturated carbocycles. The molecule has 5 heteroatoms. The van der Waals surface area contributed by atoms with Gasteiger partial charge in [0, 0.05) is 12.8 Å². The van der Waals surface area contributed by atoms with E-state index in [-0.39, 0.29) is 25.2 Å². The molecule has 5 nitrogen and oxygen atoms in total. The van der Waals surface area contributed by atoms with E-state index in [4.69, 9.17) is 9.47 Å². The Kier molecular flexibility index (Phi) is 34.1. The van der Waals surface area contributed by atoms with Gasteiger partial charge in [0.2, 0.25) is 0 Å². The number of unbranched alkanes of at least 4 members (excludes halogenated alkanes) is 19. The zero-order valence-corrected chi connectivity index (χ0v) is 28.9. The van der Waals surface area contributed by atoms with Crippen molar-refractivity contribution < 1.29 is 24.2 Å². The summed E-state index contributed by atoms with van der Waals surface area (Å²) in [6.07, 6.45) is 42.0. The van der Waals surface area contributed by atoms with E-state index in [0.29, 0.717) is 12.8 Å². The van der Waals surface area contributed by atoms with E-state index in [9.17, 15) is 14.7 Å². The fraction of sp³-hybridized carbons (Fsp3) is 0.795. The molecule has 0 aliphatic rings. The lowest BCUT2D eigenvalue weighted by Crippen LogP contribution is -2.28. The standard InChI is InChI=1S/C39H70O5/c1-3-5-7-9-11-13-15-16-17-18-19-20-21-22-24-26-28-30-32-34-39(42)44-37(35-40)36-43-38(41)33-31-29-27-25-23-14-12-10-8-6-4-2/h10-13,16-17,37,40H,3-9,14-15,18-36H2,1-2H3/b12-10-,13-11-,17-16-/t37-/m0/s1. The Morgan fingerprint density at radius 1 is 0.523 bits per heavy atom. The van der Waals surface area contributed by atoms with Crippen molar-refractivity contribution in [3.05, 3.63) is 36.5 Å². The molecule has 0 amide bonds. The molecule has 0 rings (SSSR count). The van der Waals surface area contributed by atoms with Gasteiger partial charge in [0.15, 0.2) is 6.10 Å². The van der Waals surface area contributed by atoms with E-state index in [1.165, 1.54) is 103 Å². The van der Waals surface area contributed by atoms with Crippen LogP contribution < -0.4 is 0 Å². The SMILES string of the molecule is CCCC/C=C\CCCCCCCC(=O)OC[C@H](CO)OC(=O)CCCCCCCCCCC/C=C\C/C=C\CCCCC. The lowest BCUT2D eigenvalue weighted by Gasteiger charge is -2.15. The molecule has 0 aromatic rings. The molecule has 0 spiro atoms. The first-order valence-corrected chi connectivity index (χ1v) is 18.5. The minimum atomic E-state index is -0.774. The molecule has 256 valence electrons. The smallest absolute Gasteiger partial charge is 0.306 e. The molecule has 44 heavy (non-hydrogen) atoms. The maximum absolute atomic E-state index is 12.1. The number of aliphatic hydroxyl groups is 1. The van der Waals surface area contributed by atoms with Gasteiger partial charge in [0.25, 0.3) is 0 Å². The summed E-state index contributed by atoms with van der Waals surface area (Å²) >= 11 is 0. The highest BCUT2D eigenvalue weighted by Gasteiger charge is 2.16. The molecule has 0 heterocycles. The van der Waals surface area contributed by atoms with E-state index in [1.54, 1.807) is 0 Å². The number of carbonyl (C=O) groups excluding carboxylic acids is 2. The summed E-state index contributed by atoms with van der Waals surface area (Å²) in [5.41, 5.74) is 0. The summed E-state index contributed by atoms with van der Waals surface area (Å²) in [5.74, 6) is -0.607. The van der Waals surface area contributed by atoms with Gasteiger partial charge in [-0.15, -0.1) is 0 Å². The van der Waals surface area contributed by atoms with Gasteiger partial charge in [-0.05, 0) is 64.2 Å². The third-order valence-corrected chi connectivity index (χ3v) is 7.91. The Bertz CT molecular complexity index is 711. The topological polar surface area (TPSA) is 72.8 Å². The minimum Gasteiger partial charge on any atom is -0.462 e. The molecule has 0 unspecified atom stereocenters. The lowest BCUT2D eigenvalue weighted by atomic mass is 10.1. The largest absolute Gasteiger partial charge is 0.462 e. The molecule has 0 aromatic heterocycles. The number of hydrogen-bond donors (Lipinski definition) is 1. The number of hydrogen-bond acceptors (Lipinski definition) is 5. The molecular weight excluding hydrogens is 548 g/mol. The van der Waals surface area contributed by atoms with E-state index in [0.717, 1.165) is 51.4 Å². The molecule has 0 aliphatic heterocycles. The summed E-state index contributed by atoms with van der Waals surface area (Å²) in [6, 6.07) is 0. The molecule has 0 aromatic carbocycles. The zero-order chi connectivity index (χ0) is 32.2. The second kappa shape index (κ2) is 35.6. The first-order valence-electron chi connectivity index (χ1n) is 18.5. The summed E-state index contributed by atoms with van der Waals surface area (Å²) in [6.45, 7) is 4.05. The molecule has 0 fully saturated rings. The predicted molar refractivity (Wildman–Crippen MR) is 187 cm³/mol. The minimum absolute atomic E-state index is 0.0712. The van der Waals surface area contributed by atoms with Crippen LogP contribution in [0.25, 0.3) is 0 Å². The monoisotopic (exact) mass is 619 g/mol. The van der Waals surface area contributed by atoms with Crippen LogP contribution >= 0.6 is 0 Å². The first-order chi connectivity index (χ1) is 21.6. The first kappa shape index (κ1) is 42.1. The molecule has 0 bridgehead atoms. The molecule has 1 atom stereocenters. The average molecular weight is 619 g/mol. The maximum atomic E-state index is 12.1. The Labute approximate surface area is 272 Å². The van der Waals surface area contributed by atoms with Crippen molar-refractivity contribution in [2.24, 2.45) is 0 Å². The van der Waals surface area contributed by atoms with Crippen LogP contribution in [0.1, 0.15) is 181 Å². The van der Waals surface area contributed by atoms with Gasteiger partial charge < -0.3 is 14.6 Å². The summed E-state index contributed by atoms with van der Waals surface area (Å²) in [5, 5.41) is 9.52. The van der Waals surface area contributed by atoms with Crippen LogP contribution in [0.2, 0.25) is 0 Å². The molecule has 0 aliphatic carbocycles. The highest BCUT2D eigenvalue weighted by atomic mass is 16.6. The van der Waals surface area contributed by atoms with E-state index in [1.807, 2.05) is 0 Å². The molecule has 1 N–H and O–H groups in total. The Morgan fingerprint density at radius 3 is 1.43 bits per heavy atom. The fourth-order valence-corrected chi connectivity index (χ4v) is 5.03. The number of esters is 2. The van der Waals surface area contributed by atoms with Gasteiger partial charge in [-0.1, -0.05) is 140 Å². The number of rotatable bonds is 33. The van der Waals surface area contributed by atoms with E-state index in [2.05, 4.69) is 50.3 Å². The van der Waals surface area contributed by atoms with Crippen molar-refractivity contribution >= 4 is 11.9 Å². The van der Waals surface area contributed by atoms with Gasteiger partial charge >= 0.3 is 11.9 Å². The number of aliphatic hydroxyl groups excluding tert-OH is 1. The van der Waals surface area contributed by atoms with Crippen LogP contribution in [0, 0.1) is 0 Å². The summed E-state index contributed by atoms with van der Waals surface area (Å²) < 4.78 is 10.6. The summed E-state index contributed by atoms with van der Waals surface area (Å²) in [7, 11) is 0. The second-order valence-corrected chi connectivity index (χ2v) is 12.3. The molecular formula is C39H70O5. The lowest BCUT2D eigenvalue weighted by molar-refractivity contribution is -0.161. The van der Waals surface area contributed by atoms with Crippen LogP contribution in [0.4, 0.5) is 0 Å².